The second-order valence-electron chi connectivity index (χ2n) is 6.20. The summed E-state index contributed by atoms with van der Waals surface area (Å²) in [6, 6.07) is 0. The van der Waals surface area contributed by atoms with Gasteiger partial charge in [0.1, 0.15) is 5.82 Å². The normalized spacial score (nSPS) is 25.7. The molecule has 94 valence electrons. The maximum atomic E-state index is 4.80. The third-order valence-corrected chi connectivity index (χ3v) is 4.50. The molecule has 1 saturated carbocycles. The van der Waals surface area contributed by atoms with Crippen molar-refractivity contribution in [2.75, 3.05) is 6.54 Å². The fourth-order valence-electron chi connectivity index (χ4n) is 3.02. The summed E-state index contributed by atoms with van der Waals surface area (Å²) in [5.74, 6) is 2.15. The summed E-state index contributed by atoms with van der Waals surface area (Å²) in [5, 5.41) is 3.41. The Bertz CT molecular complexity index is 431. The van der Waals surface area contributed by atoms with E-state index in [1.54, 1.807) is 0 Å². The summed E-state index contributed by atoms with van der Waals surface area (Å²) >= 11 is 0. The predicted octanol–water partition coefficient (Wildman–Crippen LogP) is 2.14. The smallest absolute Gasteiger partial charge is 0.108 e. The first-order chi connectivity index (χ1) is 8.12. The van der Waals surface area contributed by atoms with Crippen molar-refractivity contribution in [3.8, 4) is 0 Å². The van der Waals surface area contributed by atoms with E-state index < -0.39 is 0 Å². The number of aryl methyl sites for hydroxylation is 1. The summed E-state index contributed by atoms with van der Waals surface area (Å²) in [5.41, 5.74) is 3.37. The number of aromatic nitrogens is 2. The molecule has 0 saturated heterocycles. The van der Waals surface area contributed by atoms with Crippen LogP contribution in [0.2, 0.25) is 0 Å². The van der Waals surface area contributed by atoms with E-state index in [1.165, 1.54) is 30.2 Å². The number of hydrogen-bond donors (Lipinski definition) is 1. The van der Waals surface area contributed by atoms with Crippen LogP contribution in [0.5, 0.6) is 0 Å². The molecule has 1 aromatic heterocycles. The van der Waals surface area contributed by atoms with Crippen LogP contribution in [-0.2, 0) is 25.9 Å². The van der Waals surface area contributed by atoms with Crippen LogP contribution in [0.1, 0.15) is 44.4 Å². The molecule has 0 radical (unpaired) electrons. The van der Waals surface area contributed by atoms with Gasteiger partial charge < -0.3 is 9.88 Å². The third kappa shape index (κ3) is 1.90. The highest BCUT2D eigenvalue weighted by atomic mass is 15.1. The van der Waals surface area contributed by atoms with Crippen LogP contribution in [0, 0.1) is 11.3 Å². The van der Waals surface area contributed by atoms with Crippen LogP contribution in [0.4, 0.5) is 0 Å². The van der Waals surface area contributed by atoms with E-state index in [0.717, 1.165) is 31.8 Å². The molecule has 0 spiro atoms. The minimum absolute atomic E-state index is 0.565. The lowest BCUT2D eigenvalue weighted by Crippen LogP contribution is -2.25. The summed E-state index contributed by atoms with van der Waals surface area (Å²) in [7, 11) is 0. The monoisotopic (exact) mass is 233 g/mol. The van der Waals surface area contributed by atoms with Gasteiger partial charge in [0.15, 0.2) is 0 Å². The Morgan fingerprint density at radius 3 is 2.88 bits per heavy atom. The van der Waals surface area contributed by atoms with Crippen LogP contribution in [0.25, 0.3) is 0 Å². The van der Waals surface area contributed by atoms with E-state index in [9.17, 15) is 0 Å². The van der Waals surface area contributed by atoms with Gasteiger partial charge in [-0.3, -0.25) is 0 Å². The van der Waals surface area contributed by atoms with Crippen molar-refractivity contribution >= 4 is 0 Å². The van der Waals surface area contributed by atoms with E-state index in [2.05, 4.69) is 30.7 Å². The minimum atomic E-state index is 0.565. The van der Waals surface area contributed by atoms with Crippen molar-refractivity contribution in [3.05, 3.63) is 17.2 Å². The molecule has 3 heteroatoms. The molecule has 1 aliphatic heterocycles. The Morgan fingerprint density at radius 2 is 2.24 bits per heavy atom. The summed E-state index contributed by atoms with van der Waals surface area (Å²) in [4.78, 5) is 4.80. The Kier molecular flexibility index (Phi) is 2.54. The van der Waals surface area contributed by atoms with E-state index in [1.807, 2.05) is 0 Å². The Morgan fingerprint density at radius 1 is 1.47 bits per heavy atom. The second kappa shape index (κ2) is 3.84. The quantitative estimate of drug-likeness (QED) is 0.867. The molecule has 0 aromatic carbocycles. The first-order valence-electron chi connectivity index (χ1n) is 6.89. The molecule has 3 rings (SSSR count). The van der Waals surface area contributed by atoms with Crippen LogP contribution < -0.4 is 5.32 Å². The molecule has 17 heavy (non-hydrogen) atoms. The van der Waals surface area contributed by atoms with Crippen molar-refractivity contribution in [2.45, 2.75) is 53.1 Å². The van der Waals surface area contributed by atoms with E-state index in [4.69, 9.17) is 4.98 Å². The highest BCUT2D eigenvalue weighted by molar-refractivity contribution is 5.21. The molecule has 1 aromatic rings. The van der Waals surface area contributed by atoms with Crippen LogP contribution in [0.3, 0.4) is 0 Å². The summed E-state index contributed by atoms with van der Waals surface area (Å²) < 4.78 is 2.52. The number of imidazole rings is 1. The van der Waals surface area contributed by atoms with Crippen LogP contribution >= 0.6 is 0 Å². The van der Waals surface area contributed by atoms with Gasteiger partial charge in [0, 0.05) is 38.2 Å². The van der Waals surface area contributed by atoms with Gasteiger partial charge in [-0.25, -0.2) is 4.98 Å². The Labute approximate surface area is 104 Å². The average Bonchev–Trinajstić information content (AvgIpc) is 2.76. The van der Waals surface area contributed by atoms with Crippen molar-refractivity contribution in [1.82, 2.24) is 14.9 Å². The standard InChI is InChI=1S/C14H23N3/c1-4-13-16-11-8-15-6-5-12(11)17(13)9-10-7-14(10,2)3/h10,15H,4-9H2,1-3H3. The Balaban J connectivity index is 1.88. The SMILES string of the molecule is CCc1nc2c(n1CC1CC1(C)C)CCNC2. The molecule has 2 aliphatic rings. The zero-order valence-electron chi connectivity index (χ0n) is 11.2. The lowest BCUT2D eigenvalue weighted by atomic mass is 10.1. The molecule has 0 amide bonds. The maximum absolute atomic E-state index is 4.80. The van der Waals surface area contributed by atoms with Gasteiger partial charge in [-0.15, -0.1) is 0 Å². The molecular weight excluding hydrogens is 210 g/mol. The number of nitrogens with zero attached hydrogens (tertiary/aromatic N) is 2. The van der Waals surface area contributed by atoms with Crippen molar-refractivity contribution < 1.29 is 0 Å². The fraction of sp³-hybridized carbons (Fsp3) is 0.786. The van der Waals surface area contributed by atoms with Gasteiger partial charge in [0.2, 0.25) is 0 Å². The summed E-state index contributed by atoms with van der Waals surface area (Å²) in [6.07, 6.45) is 3.58. The van der Waals surface area contributed by atoms with Gasteiger partial charge in [-0.05, 0) is 17.8 Å². The van der Waals surface area contributed by atoms with Crippen molar-refractivity contribution in [3.63, 3.8) is 0 Å². The molecular formula is C14H23N3. The predicted molar refractivity (Wildman–Crippen MR) is 68.9 cm³/mol. The van der Waals surface area contributed by atoms with Gasteiger partial charge in [-0.1, -0.05) is 20.8 Å². The van der Waals surface area contributed by atoms with E-state index >= 15 is 0 Å². The molecule has 2 heterocycles. The van der Waals surface area contributed by atoms with Crippen LogP contribution in [0.15, 0.2) is 0 Å². The molecule has 0 bridgehead atoms. The van der Waals surface area contributed by atoms with Crippen LogP contribution in [-0.4, -0.2) is 16.1 Å². The van der Waals surface area contributed by atoms with Gasteiger partial charge >= 0.3 is 0 Å². The van der Waals surface area contributed by atoms with E-state index in [0.29, 0.717) is 5.41 Å². The molecule has 1 unspecified atom stereocenters. The molecule has 1 aliphatic carbocycles. The fourth-order valence-corrected chi connectivity index (χ4v) is 3.02. The zero-order chi connectivity index (χ0) is 12.0. The topological polar surface area (TPSA) is 29.9 Å². The highest BCUT2D eigenvalue weighted by Crippen LogP contribution is 2.52. The number of rotatable bonds is 3. The molecule has 1 atom stereocenters. The van der Waals surface area contributed by atoms with E-state index in [-0.39, 0.29) is 0 Å². The maximum Gasteiger partial charge on any atom is 0.108 e. The van der Waals surface area contributed by atoms with Crippen molar-refractivity contribution in [2.24, 2.45) is 11.3 Å². The first-order valence-corrected chi connectivity index (χ1v) is 6.89. The lowest BCUT2D eigenvalue weighted by molar-refractivity contribution is 0.475. The Hall–Kier alpha value is -0.830. The number of fused-ring (bicyclic) bond motifs is 1. The van der Waals surface area contributed by atoms with Gasteiger partial charge in [0.25, 0.3) is 0 Å². The average molecular weight is 233 g/mol. The molecule has 3 nitrogen and oxygen atoms in total. The minimum Gasteiger partial charge on any atom is -0.331 e. The zero-order valence-corrected chi connectivity index (χ0v) is 11.2. The van der Waals surface area contributed by atoms with Gasteiger partial charge in [0.05, 0.1) is 5.69 Å². The highest BCUT2D eigenvalue weighted by Gasteiger charge is 2.45. The molecule has 1 N–H and O–H groups in total. The second-order valence-corrected chi connectivity index (χ2v) is 6.20. The number of nitrogens with one attached hydrogen (secondary N) is 1. The third-order valence-electron chi connectivity index (χ3n) is 4.50. The van der Waals surface area contributed by atoms with Gasteiger partial charge in [-0.2, -0.15) is 0 Å². The summed E-state index contributed by atoms with van der Waals surface area (Å²) in [6.45, 7) is 10.2. The first kappa shape index (κ1) is 11.3. The lowest BCUT2D eigenvalue weighted by Gasteiger charge is -2.16. The molecule has 1 fully saturated rings. The van der Waals surface area contributed by atoms with Crippen molar-refractivity contribution in [1.29, 1.82) is 0 Å². The number of hydrogen-bond acceptors (Lipinski definition) is 2. The largest absolute Gasteiger partial charge is 0.331 e.